The maximum atomic E-state index is 13.7. The molecule has 2 bridgehead atoms. The van der Waals surface area contributed by atoms with Crippen molar-refractivity contribution in [3.63, 3.8) is 0 Å². The minimum atomic E-state index is -0.457. The number of hydrogen-bond acceptors (Lipinski definition) is 4. The van der Waals surface area contributed by atoms with Gasteiger partial charge in [0, 0.05) is 6.54 Å². The molecule has 5 nitrogen and oxygen atoms in total. The summed E-state index contributed by atoms with van der Waals surface area (Å²) in [5.74, 6) is 3.96. The van der Waals surface area contributed by atoms with E-state index >= 15 is 0 Å². The first-order valence-electron chi connectivity index (χ1n) is 20.4. The fourth-order valence-corrected chi connectivity index (χ4v) is 8.91. The highest BCUT2D eigenvalue weighted by Gasteiger charge is 2.40. The third-order valence-electron chi connectivity index (χ3n) is 12.2. The Morgan fingerprint density at radius 1 is 0.596 bits per heavy atom. The van der Waals surface area contributed by atoms with Crippen LogP contribution in [0.3, 0.4) is 0 Å². The van der Waals surface area contributed by atoms with Gasteiger partial charge in [-0.2, -0.15) is 0 Å². The number of amides is 1. The molecule has 3 fully saturated rings. The Morgan fingerprint density at radius 2 is 1.15 bits per heavy atom. The molecule has 0 spiro atoms. The number of rotatable bonds is 0. The smallest absolute Gasteiger partial charge is 0.329 e. The first-order valence-corrected chi connectivity index (χ1v) is 20.4. The molecule has 0 saturated carbocycles. The molecule has 3 rings (SSSR count). The minimum absolute atomic E-state index is 0.0548. The monoisotopic (exact) mass is 660 g/mol. The molecule has 3 heterocycles. The molecule has 10 unspecified atom stereocenters. The Hall–Kier alpha value is -1.10. The van der Waals surface area contributed by atoms with Gasteiger partial charge >= 0.3 is 5.97 Å². The van der Waals surface area contributed by atoms with Crippen LogP contribution in [-0.2, 0) is 19.1 Å². The normalized spacial score (nSPS) is 38.0. The zero-order valence-electron chi connectivity index (χ0n) is 32.5. The summed E-state index contributed by atoms with van der Waals surface area (Å²) in [6.07, 6.45) is 21.9. The highest BCUT2D eigenvalue weighted by molar-refractivity contribution is 5.85. The van der Waals surface area contributed by atoms with Crippen LogP contribution in [0.4, 0.5) is 0 Å². The Morgan fingerprint density at radius 3 is 1.79 bits per heavy atom. The van der Waals surface area contributed by atoms with Gasteiger partial charge in [0.25, 0.3) is 0 Å². The SMILES string of the molecule is CC1CCCCCC(C)CC(C)CCCC(C)CC(C)CCC(C(C)(C)C)OC(=O)C2CCCN2C(=O)CC2OC(CC1)CCC2C. The van der Waals surface area contributed by atoms with E-state index in [4.69, 9.17) is 9.47 Å². The van der Waals surface area contributed by atoms with Gasteiger partial charge in [0.1, 0.15) is 12.1 Å². The van der Waals surface area contributed by atoms with Crippen LogP contribution in [0.25, 0.3) is 0 Å². The molecule has 0 aliphatic carbocycles. The number of nitrogens with zero attached hydrogens (tertiary/aromatic N) is 1. The summed E-state index contributed by atoms with van der Waals surface area (Å²) in [5.41, 5.74) is -0.140. The van der Waals surface area contributed by atoms with Gasteiger partial charge in [0.15, 0.2) is 0 Å². The summed E-state index contributed by atoms with van der Waals surface area (Å²) in [7, 11) is 0. The van der Waals surface area contributed by atoms with Crippen molar-refractivity contribution in [1.29, 1.82) is 0 Å². The number of ether oxygens (including phenoxy) is 2. The van der Waals surface area contributed by atoms with Crippen molar-refractivity contribution < 1.29 is 19.1 Å². The van der Waals surface area contributed by atoms with E-state index in [2.05, 4.69) is 62.3 Å². The number of cyclic esters (lactones) is 1. The van der Waals surface area contributed by atoms with Crippen LogP contribution >= 0.6 is 0 Å². The lowest BCUT2D eigenvalue weighted by atomic mass is 9.82. The van der Waals surface area contributed by atoms with Crippen molar-refractivity contribution in [1.82, 2.24) is 4.90 Å². The zero-order valence-corrected chi connectivity index (χ0v) is 32.5. The van der Waals surface area contributed by atoms with Crippen molar-refractivity contribution in [3.8, 4) is 0 Å². The van der Waals surface area contributed by atoms with E-state index in [9.17, 15) is 9.59 Å². The van der Waals surface area contributed by atoms with E-state index in [0.717, 1.165) is 62.2 Å². The molecular formula is C42H77NO4. The lowest BCUT2D eigenvalue weighted by Crippen LogP contribution is -2.46. The number of hydrogen-bond donors (Lipinski definition) is 0. The van der Waals surface area contributed by atoms with Crippen LogP contribution in [0.5, 0.6) is 0 Å². The fraction of sp³-hybridized carbons (Fsp3) is 0.952. The van der Waals surface area contributed by atoms with Crippen LogP contribution in [0.15, 0.2) is 0 Å². The van der Waals surface area contributed by atoms with Gasteiger partial charge in [-0.25, -0.2) is 4.79 Å². The molecule has 0 N–H and O–H groups in total. The molecular weight excluding hydrogens is 582 g/mol. The van der Waals surface area contributed by atoms with Gasteiger partial charge < -0.3 is 14.4 Å². The Balaban J connectivity index is 1.65. The van der Waals surface area contributed by atoms with E-state index < -0.39 is 6.04 Å². The maximum absolute atomic E-state index is 13.7. The molecule has 3 aliphatic rings. The van der Waals surface area contributed by atoms with Crippen LogP contribution in [0.1, 0.15) is 184 Å². The second-order valence-electron chi connectivity index (χ2n) is 18.3. The van der Waals surface area contributed by atoms with Crippen molar-refractivity contribution in [2.45, 2.75) is 209 Å². The Kier molecular flexibility index (Phi) is 17.1. The molecule has 0 radical (unpaired) electrons. The Labute approximate surface area is 291 Å². The average Bonchev–Trinajstić information content (AvgIpc) is 3.49. The predicted molar refractivity (Wildman–Crippen MR) is 196 cm³/mol. The van der Waals surface area contributed by atoms with Gasteiger partial charge in [0.05, 0.1) is 18.6 Å². The van der Waals surface area contributed by atoms with E-state index in [1.165, 1.54) is 70.6 Å². The van der Waals surface area contributed by atoms with E-state index in [1.807, 2.05) is 4.90 Å². The van der Waals surface area contributed by atoms with Crippen LogP contribution in [-0.4, -0.2) is 47.7 Å². The van der Waals surface area contributed by atoms with Crippen LogP contribution in [0, 0.1) is 40.9 Å². The number of esters is 1. The highest BCUT2D eigenvalue weighted by atomic mass is 16.5. The van der Waals surface area contributed by atoms with Crippen LogP contribution < -0.4 is 0 Å². The van der Waals surface area contributed by atoms with Crippen molar-refractivity contribution in [3.05, 3.63) is 0 Å². The van der Waals surface area contributed by atoms with Gasteiger partial charge in [-0.05, 0) is 105 Å². The lowest BCUT2D eigenvalue weighted by Gasteiger charge is -2.37. The molecule has 5 heteroatoms. The first-order chi connectivity index (χ1) is 22.2. The van der Waals surface area contributed by atoms with Gasteiger partial charge in [-0.1, -0.05) is 114 Å². The maximum Gasteiger partial charge on any atom is 0.329 e. The summed E-state index contributed by atoms with van der Waals surface area (Å²) in [5, 5.41) is 0. The largest absolute Gasteiger partial charge is 0.460 e. The van der Waals surface area contributed by atoms with Gasteiger partial charge in [-0.15, -0.1) is 0 Å². The lowest BCUT2D eigenvalue weighted by molar-refractivity contribution is -0.165. The molecule has 3 saturated heterocycles. The van der Waals surface area contributed by atoms with E-state index in [-0.39, 0.29) is 35.6 Å². The highest BCUT2D eigenvalue weighted by Crippen LogP contribution is 2.34. The minimum Gasteiger partial charge on any atom is -0.460 e. The van der Waals surface area contributed by atoms with Crippen molar-refractivity contribution >= 4 is 11.9 Å². The zero-order chi connectivity index (χ0) is 34.6. The molecule has 3 aliphatic heterocycles. The number of fused-ring (bicyclic) bond motifs is 3. The van der Waals surface area contributed by atoms with E-state index in [1.54, 1.807) is 0 Å². The molecule has 10 atom stereocenters. The third kappa shape index (κ3) is 14.3. The molecule has 0 aromatic carbocycles. The molecule has 1 amide bonds. The second kappa shape index (κ2) is 19.9. The molecule has 0 aromatic rings. The summed E-state index contributed by atoms with van der Waals surface area (Å²) in [6, 6.07) is -0.457. The predicted octanol–water partition coefficient (Wildman–Crippen LogP) is 11.2. The third-order valence-corrected chi connectivity index (χ3v) is 12.2. The summed E-state index contributed by atoms with van der Waals surface area (Å²) < 4.78 is 12.9. The van der Waals surface area contributed by atoms with E-state index in [0.29, 0.717) is 31.2 Å². The van der Waals surface area contributed by atoms with Crippen molar-refractivity contribution in [2.75, 3.05) is 6.54 Å². The number of carbonyl (C=O) groups is 2. The van der Waals surface area contributed by atoms with Gasteiger partial charge in [-0.3, -0.25) is 4.79 Å². The fourth-order valence-electron chi connectivity index (χ4n) is 8.91. The second-order valence-corrected chi connectivity index (χ2v) is 18.3. The van der Waals surface area contributed by atoms with Crippen molar-refractivity contribution in [2.24, 2.45) is 40.9 Å². The Bertz CT molecular complexity index is 913. The molecule has 274 valence electrons. The van der Waals surface area contributed by atoms with Crippen LogP contribution in [0.2, 0.25) is 0 Å². The topological polar surface area (TPSA) is 55.8 Å². The standard InChI is InChI=1S/C42H77NO4/c1-30-15-11-10-12-16-31(2)27-32(3)17-13-18-33(4)28-34(5)21-25-39(42(7,8)9)47-41(45)37-19-14-26-43(37)40(44)29-38-35(6)22-24-36(46-38)23-20-30/h30-39H,10-29H2,1-9H3. The van der Waals surface area contributed by atoms with Gasteiger partial charge in [0.2, 0.25) is 5.91 Å². The summed E-state index contributed by atoms with van der Waals surface area (Å²) in [6.45, 7) is 21.6. The first kappa shape index (κ1) is 40.3. The summed E-state index contributed by atoms with van der Waals surface area (Å²) >= 11 is 0. The quantitative estimate of drug-likeness (QED) is 0.243. The molecule has 0 aromatic heterocycles. The number of carbonyl (C=O) groups excluding carboxylic acids is 2. The average molecular weight is 660 g/mol. The summed E-state index contributed by atoms with van der Waals surface area (Å²) in [4.78, 5) is 29.2. The molecule has 47 heavy (non-hydrogen) atoms.